The van der Waals surface area contributed by atoms with E-state index in [2.05, 4.69) is 19.2 Å². The number of rotatable bonds is 6. The number of thioether (sulfide) groups is 1. The molecule has 156 valence electrons. The molecule has 1 saturated heterocycles. The highest BCUT2D eigenvalue weighted by atomic mass is 32.2. The van der Waals surface area contributed by atoms with Crippen molar-refractivity contribution in [2.24, 2.45) is 0 Å². The Hall–Kier alpha value is -1.94. The zero-order chi connectivity index (χ0) is 21.0. The average Bonchev–Trinajstić information content (AvgIpc) is 2.70. The molecule has 1 aliphatic heterocycles. The maximum atomic E-state index is 14.3. The summed E-state index contributed by atoms with van der Waals surface area (Å²) >= 11 is 1.69. The van der Waals surface area contributed by atoms with E-state index in [4.69, 9.17) is 4.74 Å². The number of sulfonamides is 1. The van der Waals surface area contributed by atoms with E-state index in [0.29, 0.717) is 10.8 Å². The van der Waals surface area contributed by atoms with Gasteiger partial charge in [0.2, 0.25) is 10.0 Å². The Bertz CT molecular complexity index is 972. The molecule has 0 spiro atoms. The third kappa shape index (κ3) is 5.36. The number of carbonyl (C=O) groups is 1. The Morgan fingerprint density at radius 2 is 1.79 bits per heavy atom. The van der Waals surface area contributed by atoms with E-state index in [-0.39, 0.29) is 32.0 Å². The number of halogens is 1. The largest absolute Gasteiger partial charge is 0.379 e. The summed E-state index contributed by atoms with van der Waals surface area (Å²) in [6, 6.07) is 10.7. The Labute approximate surface area is 174 Å². The molecular formula is C20H23FN2O4S2. The predicted molar refractivity (Wildman–Crippen MR) is 111 cm³/mol. The SMILES string of the molecule is CC(C)Sc1ccc(C(=O)Nc2ccc(F)c(S(=O)(=O)N3CCOCC3)c2)cc1. The van der Waals surface area contributed by atoms with E-state index in [1.807, 2.05) is 12.1 Å². The average molecular weight is 439 g/mol. The lowest BCUT2D eigenvalue weighted by Gasteiger charge is -2.26. The molecule has 1 N–H and O–H groups in total. The van der Waals surface area contributed by atoms with Crippen molar-refractivity contribution in [1.29, 1.82) is 0 Å². The number of morpholine rings is 1. The minimum absolute atomic E-state index is 0.166. The van der Waals surface area contributed by atoms with Crippen LogP contribution in [0.2, 0.25) is 0 Å². The van der Waals surface area contributed by atoms with Gasteiger partial charge in [0.1, 0.15) is 10.7 Å². The number of carbonyl (C=O) groups excluding carboxylic acids is 1. The number of anilines is 1. The number of amides is 1. The second-order valence-electron chi connectivity index (χ2n) is 6.81. The molecule has 0 aromatic heterocycles. The third-order valence-electron chi connectivity index (χ3n) is 4.27. The fraction of sp³-hybridized carbons (Fsp3) is 0.350. The molecule has 0 atom stereocenters. The van der Waals surface area contributed by atoms with E-state index in [0.717, 1.165) is 17.0 Å². The van der Waals surface area contributed by atoms with Crippen molar-refractivity contribution in [2.45, 2.75) is 28.9 Å². The highest BCUT2D eigenvalue weighted by Crippen LogP contribution is 2.25. The van der Waals surface area contributed by atoms with Crippen molar-refractivity contribution >= 4 is 33.4 Å². The second-order valence-corrected chi connectivity index (χ2v) is 10.4. The summed E-state index contributed by atoms with van der Waals surface area (Å²) in [6.07, 6.45) is 0. The molecule has 9 heteroatoms. The van der Waals surface area contributed by atoms with Crippen molar-refractivity contribution in [3.63, 3.8) is 0 Å². The van der Waals surface area contributed by atoms with Gasteiger partial charge >= 0.3 is 0 Å². The highest BCUT2D eigenvalue weighted by molar-refractivity contribution is 7.99. The van der Waals surface area contributed by atoms with Crippen LogP contribution in [0.4, 0.5) is 10.1 Å². The molecule has 0 radical (unpaired) electrons. The molecule has 6 nitrogen and oxygen atoms in total. The van der Waals surface area contributed by atoms with Gasteiger partial charge in [-0.1, -0.05) is 13.8 Å². The first-order chi connectivity index (χ1) is 13.8. The van der Waals surface area contributed by atoms with Crippen LogP contribution in [-0.2, 0) is 14.8 Å². The molecule has 29 heavy (non-hydrogen) atoms. The predicted octanol–water partition coefficient (Wildman–Crippen LogP) is 3.60. The van der Waals surface area contributed by atoms with Gasteiger partial charge in [-0.3, -0.25) is 4.79 Å². The van der Waals surface area contributed by atoms with E-state index in [1.165, 1.54) is 10.4 Å². The van der Waals surface area contributed by atoms with Crippen LogP contribution in [0.1, 0.15) is 24.2 Å². The van der Waals surface area contributed by atoms with Crippen LogP contribution in [0.5, 0.6) is 0 Å². The first-order valence-electron chi connectivity index (χ1n) is 9.23. The van der Waals surface area contributed by atoms with Crippen molar-refractivity contribution in [2.75, 3.05) is 31.6 Å². The minimum Gasteiger partial charge on any atom is -0.379 e. The molecule has 1 heterocycles. The van der Waals surface area contributed by atoms with Gasteiger partial charge in [-0.2, -0.15) is 4.31 Å². The number of hydrogen-bond acceptors (Lipinski definition) is 5. The maximum Gasteiger partial charge on any atom is 0.255 e. The maximum absolute atomic E-state index is 14.3. The molecular weight excluding hydrogens is 415 g/mol. The normalized spacial score (nSPS) is 15.4. The first kappa shape index (κ1) is 21.8. The van der Waals surface area contributed by atoms with Crippen molar-refractivity contribution < 1.29 is 22.3 Å². The fourth-order valence-electron chi connectivity index (χ4n) is 2.87. The van der Waals surface area contributed by atoms with Crippen LogP contribution < -0.4 is 5.32 Å². The summed E-state index contributed by atoms with van der Waals surface area (Å²) in [5, 5.41) is 3.07. The molecule has 2 aromatic rings. The van der Waals surface area contributed by atoms with E-state index < -0.39 is 26.6 Å². The second kappa shape index (κ2) is 9.25. The molecule has 1 fully saturated rings. The van der Waals surface area contributed by atoms with Gasteiger partial charge in [0.05, 0.1) is 13.2 Å². The number of hydrogen-bond donors (Lipinski definition) is 1. The van der Waals surface area contributed by atoms with Crippen LogP contribution in [0, 0.1) is 5.82 Å². The summed E-state index contributed by atoms with van der Waals surface area (Å²) in [5.74, 6) is -1.25. The molecule has 1 amide bonds. The monoisotopic (exact) mass is 438 g/mol. The summed E-state index contributed by atoms with van der Waals surface area (Å²) in [5.41, 5.74) is 0.642. The molecule has 0 bridgehead atoms. The topological polar surface area (TPSA) is 75.7 Å². The zero-order valence-corrected chi connectivity index (χ0v) is 17.9. The number of nitrogens with zero attached hydrogens (tertiary/aromatic N) is 1. The number of benzene rings is 2. The molecule has 0 aliphatic carbocycles. The van der Waals surface area contributed by atoms with Gasteiger partial charge in [0.25, 0.3) is 5.91 Å². The summed E-state index contributed by atoms with van der Waals surface area (Å²) < 4.78 is 46.1. The third-order valence-corrected chi connectivity index (χ3v) is 7.19. The first-order valence-corrected chi connectivity index (χ1v) is 11.5. The van der Waals surface area contributed by atoms with Crippen LogP contribution in [0.15, 0.2) is 52.3 Å². The Morgan fingerprint density at radius 1 is 1.14 bits per heavy atom. The van der Waals surface area contributed by atoms with Crippen molar-refractivity contribution in [3.8, 4) is 0 Å². The summed E-state index contributed by atoms with van der Waals surface area (Å²) in [7, 11) is -4.01. The van der Waals surface area contributed by atoms with E-state index >= 15 is 0 Å². The van der Waals surface area contributed by atoms with Crippen molar-refractivity contribution in [1.82, 2.24) is 4.31 Å². The summed E-state index contributed by atoms with van der Waals surface area (Å²) in [6.45, 7) is 5.04. The molecule has 2 aromatic carbocycles. The number of nitrogens with one attached hydrogen (secondary N) is 1. The molecule has 0 saturated carbocycles. The fourth-order valence-corrected chi connectivity index (χ4v) is 5.20. The van der Waals surface area contributed by atoms with Gasteiger partial charge in [0.15, 0.2) is 0 Å². The zero-order valence-electron chi connectivity index (χ0n) is 16.2. The van der Waals surface area contributed by atoms with Crippen LogP contribution in [-0.4, -0.2) is 50.2 Å². The number of ether oxygens (including phenoxy) is 1. The lowest BCUT2D eigenvalue weighted by molar-refractivity contribution is 0.0729. The minimum atomic E-state index is -4.01. The van der Waals surface area contributed by atoms with E-state index in [1.54, 1.807) is 23.9 Å². The lowest BCUT2D eigenvalue weighted by atomic mass is 10.2. The summed E-state index contributed by atoms with van der Waals surface area (Å²) in [4.78, 5) is 13.1. The van der Waals surface area contributed by atoms with Crippen LogP contribution in [0.3, 0.4) is 0 Å². The van der Waals surface area contributed by atoms with Crippen LogP contribution >= 0.6 is 11.8 Å². The van der Waals surface area contributed by atoms with Gasteiger partial charge in [-0.25, -0.2) is 12.8 Å². The Balaban J connectivity index is 1.78. The quantitative estimate of drug-likeness (QED) is 0.698. The van der Waals surface area contributed by atoms with Gasteiger partial charge in [-0.15, -0.1) is 11.8 Å². The molecule has 1 aliphatic rings. The molecule has 3 rings (SSSR count). The lowest BCUT2D eigenvalue weighted by Crippen LogP contribution is -2.40. The highest BCUT2D eigenvalue weighted by Gasteiger charge is 2.29. The Morgan fingerprint density at radius 3 is 2.41 bits per heavy atom. The standard InChI is InChI=1S/C20H23FN2O4S2/c1-14(2)28-17-6-3-15(4-7-17)20(24)22-16-5-8-18(21)19(13-16)29(25,26)23-9-11-27-12-10-23/h3-8,13-14H,9-12H2,1-2H3,(H,22,24). The smallest absolute Gasteiger partial charge is 0.255 e. The van der Waals surface area contributed by atoms with Crippen molar-refractivity contribution in [3.05, 3.63) is 53.8 Å². The van der Waals surface area contributed by atoms with E-state index in [9.17, 15) is 17.6 Å². The van der Waals surface area contributed by atoms with Gasteiger partial charge in [-0.05, 0) is 42.5 Å². The van der Waals surface area contributed by atoms with Gasteiger partial charge in [0, 0.05) is 34.5 Å². The van der Waals surface area contributed by atoms with Gasteiger partial charge < -0.3 is 10.1 Å². The Kier molecular flexibility index (Phi) is 6.94. The molecule has 0 unspecified atom stereocenters. The van der Waals surface area contributed by atoms with Crippen LogP contribution in [0.25, 0.3) is 0 Å².